The Morgan fingerprint density at radius 1 is 1.11 bits per heavy atom. The van der Waals surface area contributed by atoms with Gasteiger partial charge in [0.1, 0.15) is 5.75 Å². The first-order valence-corrected chi connectivity index (χ1v) is 6.56. The van der Waals surface area contributed by atoms with E-state index in [-0.39, 0.29) is 5.92 Å². The summed E-state index contributed by atoms with van der Waals surface area (Å²) in [6.45, 7) is 0. The largest absolute Gasteiger partial charge is 0.497 e. The second kappa shape index (κ2) is 4.88. The van der Waals surface area contributed by atoms with Crippen molar-refractivity contribution < 1.29 is 4.74 Å². The quantitative estimate of drug-likeness (QED) is 0.865. The lowest BCUT2D eigenvalue weighted by Gasteiger charge is -2.26. The Morgan fingerprint density at radius 2 is 1.95 bits per heavy atom. The van der Waals surface area contributed by atoms with Gasteiger partial charge in [0.05, 0.1) is 7.11 Å². The van der Waals surface area contributed by atoms with Gasteiger partial charge in [-0.05, 0) is 35.2 Å². The molecule has 0 saturated heterocycles. The highest BCUT2D eigenvalue weighted by molar-refractivity contribution is 5.87. The van der Waals surface area contributed by atoms with Crippen molar-refractivity contribution in [2.75, 3.05) is 7.11 Å². The van der Waals surface area contributed by atoms with Crippen molar-refractivity contribution in [3.63, 3.8) is 0 Å². The monoisotopic (exact) mass is 251 g/mol. The fraction of sp³-hybridized carbons (Fsp3) is 0.235. The Balaban J connectivity index is 2.07. The second-order valence-corrected chi connectivity index (χ2v) is 5.01. The van der Waals surface area contributed by atoms with Gasteiger partial charge in [0.15, 0.2) is 0 Å². The molecule has 2 heteroatoms. The van der Waals surface area contributed by atoms with Gasteiger partial charge in [-0.2, -0.15) is 0 Å². The van der Waals surface area contributed by atoms with E-state index in [2.05, 4.69) is 36.4 Å². The van der Waals surface area contributed by atoms with Gasteiger partial charge in [-0.15, -0.1) is 0 Å². The van der Waals surface area contributed by atoms with E-state index in [4.69, 9.17) is 10.1 Å². The van der Waals surface area contributed by atoms with Gasteiger partial charge < -0.3 is 10.1 Å². The summed E-state index contributed by atoms with van der Waals surface area (Å²) in [6, 6.07) is 16.7. The Labute approximate surface area is 113 Å². The van der Waals surface area contributed by atoms with E-state index in [1.54, 1.807) is 7.11 Å². The molecule has 0 aromatic heterocycles. The second-order valence-electron chi connectivity index (χ2n) is 5.01. The van der Waals surface area contributed by atoms with Gasteiger partial charge in [-0.3, -0.25) is 0 Å². The lowest BCUT2D eigenvalue weighted by atomic mass is 9.78. The summed E-state index contributed by atoms with van der Waals surface area (Å²) >= 11 is 0. The Bertz CT molecular complexity index is 618. The van der Waals surface area contributed by atoms with Crippen LogP contribution in [0.15, 0.2) is 48.5 Å². The standard InChI is InChI=1S/C17H17NO/c1-19-15-7-4-6-13(10-15)17-11-14(18)9-12-5-2-3-8-16(12)17/h2-8,10,17-18H,9,11H2,1H3. The summed E-state index contributed by atoms with van der Waals surface area (Å²) < 4.78 is 5.31. The number of hydrogen-bond donors (Lipinski definition) is 1. The molecule has 2 aromatic rings. The molecule has 1 unspecified atom stereocenters. The molecule has 1 aliphatic carbocycles. The SMILES string of the molecule is COc1cccc(C2CC(=N)Cc3ccccc32)c1. The van der Waals surface area contributed by atoms with E-state index in [0.29, 0.717) is 0 Å². The Kier molecular flexibility index (Phi) is 3.08. The highest BCUT2D eigenvalue weighted by atomic mass is 16.5. The molecule has 2 nitrogen and oxygen atoms in total. The summed E-state index contributed by atoms with van der Waals surface area (Å²) in [5.74, 6) is 1.17. The van der Waals surface area contributed by atoms with Crippen LogP contribution in [-0.4, -0.2) is 12.8 Å². The normalized spacial score (nSPS) is 17.9. The topological polar surface area (TPSA) is 33.1 Å². The number of ether oxygens (including phenoxy) is 1. The molecule has 0 saturated carbocycles. The minimum Gasteiger partial charge on any atom is -0.497 e. The van der Waals surface area contributed by atoms with Gasteiger partial charge in [-0.1, -0.05) is 36.4 Å². The number of hydrogen-bond acceptors (Lipinski definition) is 2. The van der Waals surface area contributed by atoms with E-state index < -0.39 is 0 Å². The predicted molar refractivity (Wildman–Crippen MR) is 77.3 cm³/mol. The van der Waals surface area contributed by atoms with Crippen molar-refractivity contribution in [2.45, 2.75) is 18.8 Å². The first-order chi connectivity index (χ1) is 9.28. The fourth-order valence-corrected chi connectivity index (χ4v) is 2.85. The zero-order chi connectivity index (χ0) is 13.2. The molecule has 0 amide bonds. The third-order valence-electron chi connectivity index (χ3n) is 3.78. The maximum atomic E-state index is 8.07. The molecule has 0 fully saturated rings. The average molecular weight is 251 g/mol. The molecule has 0 aliphatic heterocycles. The zero-order valence-electron chi connectivity index (χ0n) is 11.0. The van der Waals surface area contributed by atoms with Crippen LogP contribution in [0.1, 0.15) is 29.0 Å². The van der Waals surface area contributed by atoms with Crippen LogP contribution in [0, 0.1) is 5.41 Å². The van der Waals surface area contributed by atoms with Crippen LogP contribution in [0.4, 0.5) is 0 Å². The Hall–Kier alpha value is -2.09. The van der Waals surface area contributed by atoms with E-state index in [9.17, 15) is 0 Å². The third-order valence-corrected chi connectivity index (χ3v) is 3.78. The van der Waals surface area contributed by atoms with E-state index in [0.717, 1.165) is 24.3 Å². The minimum absolute atomic E-state index is 0.285. The molecule has 3 rings (SSSR count). The fourth-order valence-electron chi connectivity index (χ4n) is 2.85. The van der Waals surface area contributed by atoms with E-state index >= 15 is 0 Å². The van der Waals surface area contributed by atoms with Crippen molar-refractivity contribution in [3.05, 3.63) is 65.2 Å². The lowest BCUT2D eigenvalue weighted by molar-refractivity contribution is 0.414. The molecule has 0 spiro atoms. The van der Waals surface area contributed by atoms with Crippen LogP contribution < -0.4 is 4.74 Å². The summed E-state index contributed by atoms with van der Waals surface area (Å²) in [5.41, 5.74) is 4.68. The maximum Gasteiger partial charge on any atom is 0.119 e. The van der Waals surface area contributed by atoms with E-state index in [1.165, 1.54) is 16.7 Å². The molecule has 0 heterocycles. The van der Waals surface area contributed by atoms with Crippen LogP contribution in [-0.2, 0) is 6.42 Å². The molecule has 19 heavy (non-hydrogen) atoms. The smallest absolute Gasteiger partial charge is 0.119 e. The molecule has 0 radical (unpaired) electrons. The molecular weight excluding hydrogens is 234 g/mol. The van der Waals surface area contributed by atoms with Crippen molar-refractivity contribution in [1.29, 1.82) is 5.41 Å². The maximum absolute atomic E-state index is 8.07. The van der Waals surface area contributed by atoms with E-state index in [1.807, 2.05) is 12.1 Å². The summed E-state index contributed by atoms with van der Waals surface area (Å²) in [4.78, 5) is 0. The minimum atomic E-state index is 0.285. The van der Waals surface area contributed by atoms with Gasteiger partial charge in [0.2, 0.25) is 0 Å². The first-order valence-electron chi connectivity index (χ1n) is 6.56. The zero-order valence-corrected chi connectivity index (χ0v) is 11.0. The number of methoxy groups -OCH3 is 1. The molecule has 1 N–H and O–H groups in total. The van der Waals surface area contributed by atoms with Crippen molar-refractivity contribution >= 4 is 5.71 Å². The molecule has 1 atom stereocenters. The summed E-state index contributed by atoms with van der Waals surface area (Å²) in [7, 11) is 1.69. The summed E-state index contributed by atoms with van der Waals surface area (Å²) in [6.07, 6.45) is 1.60. The predicted octanol–water partition coefficient (Wildman–Crippen LogP) is 3.79. The number of nitrogens with one attached hydrogen (secondary N) is 1. The highest BCUT2D eigenvalue weighted by Crippen LogP contribution is 2.36. The number of rotatable bonds is 2. The number of benzene rings is 2. The first kappa shape index (κ1) is 12.0. The summed E-state index contributed by atoms with van der Waals surface area (Å²) in [5, 5.41) is 8.07. The Morgan fingerprint density at radius 3 is 2.79 bits per heavy atom. The van der Waals surface area contributed by atoms with Gasteiger partial charge >= 0.3 is 0 Å². The molecule has 0 bridgehead atoms. The van der Waals surface area contributed by atoms with Crippen LogP contribution in [0.25, 0.3) is 0 Å². The molecule has 1 aliphatic rings. The average Bonchev–Trinajstić information content (AvgIpc) is 2.46. The van der Waals surface area contributed by atoms with Crippen molar-refractivity contribution in [2.24, 2.45) is 0 Å². The molecule has 96 valence electrons. The van der Waals surface area contributed by atoms with Gasteiger partial charge in [0.25, 0.3) is 0 Å². The van der Waals surface area contributed by atoms with Crippen LogP contribution in [0.2, 0.25) is 0 Å². The molecule has 2 aromatic carbocycles. The highest BCUT2D eigenvalue weighted by Gasteiger charge is 2.24. The van der Waals surface area contributed by atoms with Crippen LogP contribution in [0.3, 0.4) is 0 Å². The third kappa shape index (κ3) is 2.26. The van der Waals surface area contributed by atoms with Crippen LogP contribution >= 0.6 is 0 Å². The van der Waals surface area contributed by atoms with Crippen LogP contribution in [0.5, 0.6) is 5.75 Å². The van der Waals surface area contributed by atoms with Gasteiger partial charge in [-0.25, -0.2) is 0 Å². The van der Waals surface area contributed by atoms with Gasteiger partial charge in [0, 0.05) is 18.1 Å². The molecular formula is C17H17NO. The number of fused-ring (bicyclic) bond motifs is 1. The van der Waals surface area contributed by atoms with Crippen molar-refractivity contribution in [3.8, 4) is 5.75 Å². The van der Waals surface area contributed by atoms with Crippen molar-refractivity contribution in [1.82, 2.24) is 0 Å². The lowest BCUT2D eigenvalue weighted by Crippen LogP contribution is -2.18.